The van der Waals surface area contributed by atoms with Crippen LogP contribution < -0.4 is 15.4 Å². The Balaban J connectivity index is 1.84. The standard InChI is InChI=1S/C28H38N4O6/c1-17(2)29-28(37)30-22-10-11-24-23(12-22)26(34)32(19(4)16-33)13-18(3)25(38-24)15-31(5)14-20-6-8-21(9-7-20)27(35)36/h6-12,17-19,25,33H,13-16H2,1-5H3,(H,35,36)(H2,29,30,37)/t18-,19-,25-/m1/s1. The molecule has 2 aromatic rings. The molecule has 3 atom stereocenters. The van der Waals surface area contributed by atoms with Crippen LogP contribution in [0.5, 0.6) is 5.75 Å². The fourth-order valence-electron chi connectivity index (χ4n) is 4.38. The molecule has 206 valence electrons. The Kier molecular flexibility index (Phi) is 9.71. The molecule has 0 spiro atoms. The molecule has 0 unspecified atom stereocenters. The van der Waals surface area contributed by atoms with Crippen LogP contribution in [0.1, 0.15) is 54.0 Å². The Morgan fingerprint density at radius 3 is 2.45 bits per heavy atom. The summed E-state index contributed by atoms with van der Waals surface area (Å²) in [6.45, 7) is 8.87. The highest BCUT2D eigenvalue weighted by Crippen LogP contribution is 2.30. The molecule has 2 aromatic carbocycles. The number of aliphatic hydroxyl groups is 1. The van der Waals surface area contributed by atoms with Gasteiger partial charge >= 0.3 is 12.0 Å². The molecule has 0 saturated carbocycles. The lowest BCUT2D eigenvalue weighted by Gasteiger charge is -2.38. The van der Waals surface area contributed by atoms with Crippen LogP contribution in [-0.2, 0) is 6.54 Å². The first-order valence-corrected chi connectivity index (χ1v) is 12.8. The molecule has 0 saturated heterocycles. The van der Waals surface area contributed by atoms with E-state index in [0.717, 1.165) is 5.56 Å². The van der Waals surface area contributed by atoms with E-state index < -0.39 is 12.0 Å². The molecule has 4 N–H and O–H groups in total. The molecule has 0 bridgehead atoms. The van der Waals surface area contributed by atoms with Crippen molar-refractivity contribution in [2.75, 3.05) is 32.1 Å². The van der Waals surface area contributed by atoms with Gasteiger partial charge in [0.05, 0.1) is 23.8 Å². The number of hydrogen-bond donors (Lipinski definition) is 4. The normalized spacial score (nSPS) is 18.3. The summed E-state index contributed by atoms with van der Waals surface area (Å²) in [6, 6.07) is 10.9. The minimum atomic E-state index is -0.963. The Morgan fingerprint density at radius 1 is 1.16 bits per heavy atom. The first-order chi connectivity index (χ1) is 18.0. The zero-order chi connectivity index (χ0) is 28.0. The molecule has 0 aliphatic carbocycles. The number of carbonyl (C=O) groups is 3. The van der Waals surface area contributed by atoms with E-state index in [2.05, 4.69) is 15.5 Å². The first-order valence-electron chi connectivity index (χ1n) is 12.8. The summed E-state index contributed by atoms with van der Waals surface area (Å²) >= 11 is 0. The molecular weight excluding hydrogens is 488 g/mol. The predicted molar refractivity (Wildman–Crippen MR) is 145 cm³/mol. The van der Waals surface area contributed by atoms with Crippen molar-refractivity contribution >= 4 is 23.6 Å². The number of aromatic carboxylic acids is 1. The number of anilines is 1. The topological polar surface area (TPSA) is 131 Å². The van der Waals surface area contributed by atoms with E-state index in [1.54, 1.807) is 54.3 Å². The van der Waals surface area contributed by atoms with E-state index in [1.165, 1.54) is 0 Å². The molecule has 3 rings (SSSR count). The smallest absolute Gasteiger partial charge is 0.335 e. The number of nitrogens with zero attached hydrogens (tertiary/aromatic N) is 2. The minimum Gasteiger partial charge on any atom is -0.488 e. The van der Waals surface area contributed by atoms with Crippen molar-refractivity contribution < 1.29 is 29.3 Å². The van der Waals surface area contributed by atoms with Crippen LogP contribution in [-0.4, -0.2) is 82.9 Å². The monoisotopic (exact) mass is 526 g/mol. The summed E-state index contributed by atoms with van der Waals surface area (Å²) in [4.78, 5) is 40.6. The van der Waals surface area contributed by atoms with Crippen molar-refractivity contribution in [1.29, 1.82) is 0 Å². The van der Waals surface area contributed by atoms with Gasteiger partial charge in [0.15, 0.2) is 0 Å². The molecule has 1 heterocycles. The van der Waals surface area contributed by atoms with Gasteiger partial charge in [-0.15, -0.1) is 0 Å². The number of likely N-dealkylation sites (N-methyl/N-ethyl adjacent to an activating group) is 1. The van der Waals surface area contributed by atoms with Crippen molar-refractivity contribution in [1.82, 2.24) is 15.1 Å². The lowest BCUT2D eigenvalue weighted by atomic mass is 9.99. The third kappa shape index (κ3) is 7.45. The zero-order valence-corrected chi connectivity index (χ0v) is 22.6. The molecule has 1 aliphatic heterocycles. The Morgan fingerprint density at radius 2 is 1.84 bits per heavy atom. The van der Waals surface area contributed by atoms with E-state index in [9.17, 15) is 19.5 Å². The average molecular weight is 527 g/mol. The first kappa shape index (κ1) is 28.9. The number of urea groups is 1. The van der Waals surface area contributed by atoms with Crippen LogP contribution in [0.3, 0.4) is 0 Å². The summed E-state index contributed by atoms with van der Waals surface area (Å²) in [5.74, 6) is -0.870. The molecule has 10 nitrogen and oxygen atoms in total. The minimum absolute atomic E-state index is 0.0421. The summed E-state index contributed by atoms with van der Waals surface area (Å²) in [5, 5.41) is 24.5. The number of amides is 3. The highest BCUT2D eigenvalue weighted by atomic mass is 16.5. The van der Waals surface area contributed by atoms with Crippen molar-refractivity contribution in [3.05, 3.63) is 59.2 Å². The second-order valence-electron chi connectivity index (χ2n) is 10.3. The average Bonchev–Trinajstić information content (AvgIpc) is 2.85. The van der Waals surface area contributed by atoms with E-state index in [1.807, 2.05) is 27.8 Å². The fraction of sp³-hybridized carbons (Fsp3) is 0.464. The predicted octanol–water partition coefficient (Wildman–Crippen LogP) is 3.27. The molecule has 0 aromatic heterocycles. The number of carbonyl (C=O) groups excluding carboxylic acids is 2. The number of benzene rings is 2. The van der Waals surface area contributed by atoms with Gasteiger partial charge in [-0.2, -0.15) is 0 Å². The molecule has 0 fully saturated rings. The number of hydrogen-bond acceptors (Lipinski definition) is 6. The highest BCUT2D eigenvalue weighted by Gasteiger charge is 2.33. The maximum Gasteiger partial charge on any atom is 0.335 e. The third-order valence-electron chi connectivity index (χ3n) is 6.49. The maximum atomic E-state index is 13.6. The maximum absolute atomic E-state index is 13.6. The highest BCUT2D eigenvalue weighted by molar-refractivity contribution is 5.99. The molecule has 0 radical (unpaired) electrons. The summed E-state index contributed by atoms with van der Waals surface area (Å²) in [6.07, 6.45) is -0.276. The number of rotatable bonds is 9. The molecule has 3 amide bonds. The van der Waals surface area contributed by atoms with Gasteiger partial charge in [0.1, 0.15) is 11.9 Å². The van der Waals surface area contributed by atoms with E-state index >= 15 is 0 Å². The number of carboxylic acids is 1. The van der Waals surface area contributed by atoms with Gasteiger partial charge in [0.25, 0.3) is 5.91 Å². The largest absolute Gasteiger partial charge is 0.488 e. The zero-order valence-electron chi connectivity index (χ0n) is 22.6. The van der Waals surface area contributed by atoms with E-state index in [-0.39, 0.29) is 42.2 Å². The molecule has 1 aliphatic rings. The van der Waals surface area contributed by atoms with Crippen molar-refractivity contribution in [2.24, 2.45) is 5.92 Å². The van der Waals surface area contributed by atoms with Crippen LogP contribution >= 0.6 is 0 Å². The van der Waals surface area contributed by atoms with Crippen LogP contribution in [0, 0.1) is 5.92 Å². The van der Waals surface area contributed by atoms with E-state index in [4.69, 9.17) is 9.84 Å². The number of nitrogens with one attached hydrogen (secondary N) is 2. The summed E-state index contributed by atoms with van der Waals surface area (Å²) < 4.78 is 6.41. The number of fused-ring (bicyclic) bond motifs is 1. The van der Waals surface area contributed by atoms with Crippen LogP contribution in [0.25, 0.3) is 0 Å². The van der Waals surface area contributed by atoms with Crippen molar-refractivity contribution in [3.63, 3.8) is 0 Å². The Labute approximate surface area is 223 Å². The quantitative estimate of drug-likeness (QED) is 0.394. The van der Waals surface area contributed by atoms with Gasteiger partial charge in [-0.3, -0.25) is 9.69 Å². The molecule has 38 heavy (non-hydrogen) atoms. The lowest BCUT2D eigenvalue weighted by Crippen LogP contribution is -2.49. The van der Waals surface area contributed by atoms with E-state index in [0.29, 0.717) is 36.6 Å². The number of carboxylic acid groups (broad SMARTS) is 1. The Hall–Kier alpha value is -3.63. The van der Waals surface area contributed by atoms with Crippen molar-refractivity contribution in [2.45, 2.75) is 52.4 Å². The lowest BCUT2D eigenvalue weighted by molar-refractivity contribution is 0.0341. The Bertz CT molecular complexity index is 1140. The number of ether oxygens (including phenoxy) is 1. The van der Waals surface area contributed by atoms with Crippen LogP contribution in [0.4, 0.5) is 10.5 Å². The third-order valence-corrected chi connectivity index (χ3v) is 6.49. The van der Waals surface area contributed by atoms with Gasteiger partial charge in [-0.25, -0.2) is 9.59 Å². The van der Waals surface area contributed by atoms with Crippen LogP contribution in [0.15, 0.2) is 42.5 Å². The van der Waals surface area contributed by atoms with Gasteiger partial charge in [0, 0.05) is 37.3 Å². The van der Waals surface area contributed by atoms with Gasteiger partial charge in [-0.1, -0.05) is 19.1 Å². The second-order valence-corrected chi connectivity index (χ2v) is 10.3. The van der Waals surface area contributed by atoms with Gasteiger partial charge in [0.2, 0.25) is 0 Å². The summed E-state index contributed by atoms with van der Waals surface area (Å²) in [5.41, 5.74) is 1.99. The number of aliphatic hydroxyl groups excluding tert-OH is 1. The van der Waals surface area contributed by atoms with Gasteiger partial charge in [-0.05, 0) is 63.7 Å². The SMILES string of the molecule is CC(C)NC(=O)Nc1ccc2c(c1)C(=O)N([C@H](C)CO)C[C@@H](C)[C@@H](CN(C)Cc1ccc(C(=O)O)cc1)O2. The molecule has 10 heteroatoms. The molecular formula is C28H38N4O6. The van der Waals surface area contributed by atoms with Gasteiger partial charge < -0.3 is 30.5 Å². The summed E-state index contributed by atoms with van der Waals surface area (Å²) in [7, 11) is 1.96. The van der Waals surface area contributed by atoms with Crippen molar-refractivity contribution in [3.8, 4) is 5.75 Å². The van der Waals surface area contributed by atoms with Crippen LogP contribution in [0.2, 0.25) is 0 Å². The second kappa shape index (κ2) is 12.7. The fourth-order valence-corrected chi connectivity index (χ4v) is 4.38.